The normalized spacial score (nSPS) is 19.3. The fourth-order valence-electron chi connectivity index (χ4n) is 5.28. The molecule has 2 aliphatic rings. The molecule has 0 radical (unpaired) electrons. The number of nitrogens with zero attached hydrogens (tertiary/aromatic N) is 4. The van der Waals surface area contributed by atoms with Crippen molar-refractivity contribution in [2.45, 2.75) is 12.2 Å². The van der Waals surface area contributed by atoms with Crippen molar-refractivity contribution in [2.24, 2.45) is 0 Å². The lowest BCUT2D eigenvalue weighted by atomic mass is 10.1. The molecule has 0 spiro atoms. The van der Waals surface area contributed by atoms with Gasteiger partial charge in [0.1, 0.15) is 48.8 Å². The third kappa shape index (κ3) is 8.06. The Bertz CT molecular complexity index is 1320. The third-order valence-electron chi connectivity index (χ3n) is 7.93. The second-order valence-electron chi connectivity index (χ2n) is 11.3. The highest BCUT2D eigenvalue weighted by Crippen LogP contribution is 2.25. The minimum Gasteiger partial charge on any atom is -0.491 e. The number of rotatable bonds is 11. The Balaban J connectivity index is 1.14. The second-order valence-corrected chi connectivity index (χ2v) is 11.3. The average molecular weight is 567 g/mol. The van der Waals surface area contributed by atoms with Crippen molar-refractivity contribution >= 4 is 11.0 Å². The molecule has 222 valence electrons. The number of likely N-dealkylation sites (N-methyl/N-ethyl adjacent to an activating group) is 2. The highest BCUT2D eigenvalue weighted by Gasteiger charge is 2.19. The molecule has 1 aromatic heterocycles. The Labute approximate surface area is 241 Å². The molecule has 0 saturated carbocycles. The molecule has 0 bridgehead atoms. The molecule has 2 atom stereocenters. The molecule has 2 aliphatic heterocycles. The first kappa shape index (κ1) is 29.5. The third-order valence-corrected chi connectivity index (χ3v) is 7.93. The maximum Gasteiger partial charge on any atom is 0.200 e. The quantitative estimate of drug-likeness (QED) is 0.355. The van der Waals surface area contributed by atoms with Gasteiger partial charge in [-0.25, -0.2) is 0 Å². The smallest absolute Gasteiger partial charge is 0.200 e. The van der Waals surface area contributed by atoms with Crippen molar-refractivity contribution in [3.05, 3.63) is 59.0 Å². The molecule has 2 saturated heterocycles. The van der Waals surface area contributed by atoms with Crippen molar-refractivity contribution in [2.75, 3.05) is 92.8 Å². The van der Waals surface area contributed by atoms with Crippen LogP contribution in [0.4, 0.5) is 0 Å². The number of piperazine rings is 2. The van der Waals surface area contributed by atoms with Crippen LogP contribution in [0.15, 0.2) is 57.9 Å². The Hall–Kier alpha value is -2.99. The molecule has 2 fully saturated rings. The van der Waals surface area contributed by atoms with Crippen molar-refractivity contribution in [3.8, 4) is 22.6 Å². The van der Waals surface area contributed by atoms with E-state index in [0.717, 1.165) is 57.9 Å². The number of aliphatic hydroxyl groups is 2. The van der Waals surface area contributed by atoms with Crippen LogP contribution in [0.1, 0.15) is 0 Å². The summed E-state index contributed by atoms with van der Waals surface area (Å²) in [7, 11) is 4.21. The van der Waals surface area contributed by atoms with E-state index in [0.29, 0.717) is 41.1 Å². The van der Waals surface area contributed by atoms with E-state index < -0.39 is 12.2 Å². The minimum atomic E-state index is -0.601. The summed E-state index contributed by atoms with van der Waals surface area (Å²) in [6, 6.07) is 12.4. The molecule has 2 aromatic carbocycles. The number of hydrogen-bond acceptors (Lipinski definition) is 10. The van der Waals surface area contributed by atoms with Crippen LogP contribution in [-0.4, -0.2) is 135 Å². The predicted octanol–water partition coefficient (Wildman–Crippen LogP) is 1.43. The number of benzene rings is 2. The summed E-state index contributed by atoms with van der Waals surface area (Å²) >= 11 is 0. The Kier molecular flexibility index (Phi) is 9.92. The van der Waals surface area contributed by atoms with E-state index in [1.54, 1.807) is 30.3 Å². The fourth-order valence-corrected chi connectivity index (χ4v) is 5.28. The summed E-state index contributed by atoms with van der Waals surface area (Å²) in [6.07, 6.45) is 0.294. The van der Waals surface area contributed by atoms with Crippen LogP contribution < -0.4 is 14.9 Å². The lowest BCUT2D eigenvalue weighted by Gasteiger charge is -2.33. The van der Waals surface area contributed by atoms with Crippen LogP contribution in [0.25, 0.3) is 22.1 Å². The second kappa shape index (κ2) is 13.8. The lowest BCUT2D eigenvalue weighted by molar-refractivity contribution is 0.0504. The largest absolute Gasteiger partial charge is 0.491 e. The summed E-state index contributed by atoms with van der Waals surface area (Å²) in [5, 5.41) is 21.3. The first-order valence-electron chi connectivity index (χ1n) is 14.4. The SMILES string of the molecule is CN1CCN(CC(O)COc2ccc(-c3coc4cc(OCC(O)CN5CCN(C)CC5)ccc4c3=O)cc2)CC1. The van der Waals surface area contributed by atoms with Gasteiger partial charge in [-0.3, -0.25) is 14.6 Å². The van der Waals surface area contributed by atoms with Gasteiger partial charge in [-0.15, -0.1) is 0 Å². The van der Waals surface area contributed by atoms with E-state index in [9.17, 15) is 15.0 Å². The van der Waals surface area contributed by atoms with E-state index in [1.807, 2.05) is 12.1 Å². The molecular weight excluding hydrogens is 524 g/mol. The zero-order valence-corrected chi connectivity index (χ0v) is 24.1. The van der Waals surface area contributed by atoms with Gasteiger partial charge in [0.2, 0.25) is 0 Å². The van der Waals surface area contributed by atoms with Gasteiger partial charge >= 0.3 is 0 Å². The van der Waals surface area contributed by atoms with E-state index in [2.05, 4.69) is 33.7 Å². The predicted molar refractivity (Wildman–Crippen MR) is 159 cm³/mol. The number of hydrogen-bond donors (Lipinski definition) is 2. The van der Waals surface area contributed by atoms with Crippen LogP contribution in [0.3, 0.4) is 0 Å². The molecule has 41 heavy (non-hydrogen) atoms. The molecule has 3 aromatic rings. The molecule has 2 N–H and O–H groups in total. The summed E-state index contributed by atoms with van der Waals surface area (Å²) in [4.78, 5) is 22.3. The number of β-amino-alcohol motifs (C(OH)–C–C–N with tert-alkyl or cyclic N) is 2. The first-order chi connectivity index (χ1) is 19.8. The van der Waals surface area contributed by atoms with Gasteiger partial charge in [0, 0.05) is 71.5 Å². The van der Waals surface area contributed by atoms with Gasteiger partial charge in [-0.05, 0) is 43.9 Å². The number of aliphatic hydroxyl groups excluding tert-OH is 2. The summed E-state index contributed by atoms with van der Waals surface area (Å²) < 4.78 is 17.4. The zero-order chi connectivity index (χ0) is 28.8. The van der Waals surface area contributed by atoms with Crippen molar-refractivity contribution in [1.82, 2.24) is 19.6 Å². The zero-order valence-electron chi connectivity index (χ0n) is 24.1. The van der Waals surface area contributed by atoms with Crippen molar-refractivity contribution in [3.63, 3.8) is 0 Å². The van der Waals surface area contributed by atoms with Crippen LogP contribution >= 0.6 is 0 Å². The van der Waals surface area contributed by atoms with Crippen LogP contribution in [0, 0.1) is 0 Å². The monoisotopic (exact) mass is 566 g/mol. The van der Waals surface area contributed by atoms with Gasteiger partial charge < -0.3 is 33.9 Å². The molecule has 5 rings (SSSR count). The van der Waals surface area contributed by atoms with E-state index in [-0.39, 0.29) is 18.6 Å². The van der Waals surface area contributed by atoms with Gasteiger partial charge in [0.05, 0.1) is 10.9 Å². The molecule has 0 amide bonds. The number of ether oxygens (including phenoxy) is 2. The van der Waals surface area contributed by atoms with Crippen LogP contribution in [-0.2, 0) is 0 Å². The lowest BCUT2D eigenvalue weighted by Crippen LogP contribution is -2.47. The van der Waals surface area contributed by atoms with Gasteiger partial charge in [0.15, 0.2) is 5.43 Å². The molecule has 3 heterocycles. The van der Waals surface area contributed by atoms with Crippen LogP contribution in [0.5, 0.6) is 11.5 Å². The van der Waals surface area contributed by atoms with Crippen molar-refractivity contribution < 1.29 is 24.1 Å². The summed E-state index contributed by atoms with van der Waals surface area (Å²) in [5.41, 5.74) is 1.47. The van der Waals surface area contributed by atoms with Crippen molar-refractivity contribution in [1.29, 1.82) is 0 Å². The van der Waals surface area contributed by atoms with Gasteiger partial charge in [0.25, 0.3) is 0 Å². The molecular formula is C31H42N4O6. The van der Waals surface area contributed by atoms with Crippen LogP contribution in [0.2, 0.25) is 0 Å². The van der Waals surface area contributed by atoms with Gasteiger partial charge in [-0.2, -0.15) is 0 Å². The maximum atomic E-state index is 13.2. The minimum absolute atomic E-state index is 0.135. The first-order valence-corrected chi connectivity index (χ1v) is 14.4. The maximum absolute atomic E-state index is 13.2. The molecule has 10 nitrogen and oxygen atoms in total. The Morgan fingerprint density at radius 3 is 1.83 bits per heavy atom. The van der Waals surface area contributed by atoms with E-state index >= 15 is 0 Å². The topological polar surface area (TPSA) is 102 Å². The summed E-state index contributed by atoms with van der Waals surface area (Å²) in [6.45, 7) is 9.33. The highest BCUT2D eigenvalue weighted by molar-refractivity contribution is 5.82. The molecule has 0 aliphatic carbocycles. The summed E-state index contributed by atoms with van der Waals surface area (Å²) in [5.74, 6) is 1.18. The Morgan fingerprint density at radius 2 is 1.27 bits per heavy atom. The highest BCUT2D eigenvalue weighted by atomic mass is 16.5. The standard InChI is InChI=1S/C31H42N4O6/c1-32-9-13-34(14-10-32)18-24(36)20-39-26-5-3-23(4-6-26)29-22-41-30-17-27(7-8-28(30)31(29)38)40-21-25(37)19-35-15-11-33(2)12-16-35/h3-8,17,22,24-25,36-37H,9-16,18-21H2,1-2H3. The fraction of sp³-hybridized carbons (Fsp3) is 0.516. The number of fused-ring (bicyclic) bond motifs is 1. The molecule has 10 heteroatoms. The molecule has 2 unspecified atom stereocenters. The average Bonchev–Trinajstić information content (AvgIpc) is 2.98. The van der Waals surface area contributed by atoms with E-state index in [4.69, 9.17) is 13.9 Å². The van der Waals surface area contributed by atoms with E-state index in [1.165, 1.54) is 6.26 Å². The Morgan fingerprint density at radius 1 is 0.756 bits per heavy atom. The van der Waals surface area contributed by atoms with Gasteiger partial charge in [-0.1, -0.05) is 12.1 Å².